The van der Waals surface area contributed by atoms with Gasteiger partial charge >= 0.3 is 5.97 Å². The van der Waals surface area contributed by atoms with Crippen LogP contribution in [0.25, 0.3) is 0 Å². The fourth-order valence-corrected chi connectivity index (χ4v) is 1.48. The van der Waals surface area contributed by atoms with Crippen LogP contribution in [0.2, 0.25) is 0 Å². The van der Waals surface area contributed by atoms with Crippen molar-refractivity contribution < 1.29 is 19.5 Å². The van der Waals surface area contributed by atoms with E-state index < -0.39 is 5.97 Å². The number of aliphatic carboxylic acids is 1. The number of hydrogen-bond acceptors (Lipinski definition) is 4. The normalized spacial score (nSPS) is 10.1. The highest BCUT2D eigenvalue weighted by molar-refractivity contribution is 5.90. The molecule has 0 bridgehead atoms. The highest BCUT2D eigenvalue weighted by Gasteiger charge is 2.09. The second-order valence-corrected chi connectivity index (χ2v) is 4.48. The lowest BCUT2D eigenvalue weighted by atomic mass is 10.2. The molecular weight excluding hydrogens is 264 g/mol. The lowest BCUT2D eigenvalue weighted by Gasteiger charge is -2.09. The number of rotatable bonds is 7. The number of nitrogens with zero attached hydrogens (tertiary/aromatic N) is 3. The van der Waals surface area contributed by atoms with Crippen molar-refractivity contribution in [1.29, 1.82) is 0 Å². The number of carbonyl (C=O) groups excluding carboxylic acids is 2. The van der Waals surface area contributed by atoms with Crippen molar-refractivity contribution in [2.24, 2.45) is 0 Å². The molecule has 110 valence electrons. The van der Waals surface area contributed by atoms with Gasteiger partial charge in [0.05, 0.1) is 0 Å². The molecule has 0 aliphatic heterocycles. The van der Waals surface area contributed by atoms with Gasteiger partial charge in [0, 0.05) is 39.2 Å². The first-order valence-electron chi connectivity index (χ1n) is 6.13. The van der Waals surface area contributed by atoms with Crippen LogP contribution in [0, 0.1) is 0 Å². The van der Waals surface area contributed by atoms with Crippen LogP contribution >= 0.6 is 0 Å². The van der Waals surface area contributed by atoms with Crippen molar-refractivity contribution in [3.05, 3.63) is 12.3 Å². The average Bonchev–Trinajstić information content (AvgIpc) is 2.75. The van der Waals surface area contributed by atoms with E-state index in [4.69, 9.17) is 5.11 Å². The highest BCUT2D eigenvalue weighted by atomic mass is 16.4. The number of amides is 2. The molecule has 1 rings (SSSR count). The zero-order chi connectivity index (χ0) is 15.1. The van der Waals surface area contributed by atoms with Gasteiger partial charge in [0.1, 0.15) is 6.54 Å². The smallest absolute Gasteiger partial charge is 0.325 e. The van der Waals surface area contributed by atoms with Crippen molar-refractivity contribution in [1.82, 2.24) is 14.7 Å². The van der Waals surface area contributed by atoms with Gasteiger partial charge in [-0.25, -0.2) is 0 Å². The maximum absolute atomic E-state index is 11.6. The number of anilines is 1. The lowest BCUT2D eigenvalue weighted by Crippen LogP contribution is -2.22. The maximum Gasteiger partial charge on any atom is 0.325 e. The molecule has 0 radical (unpaired) electrons. The molecule has 0 saturated heterocycles. The van der Waals surface area contributed by atoms with Crippen molar-refractivity contribution in [3.8, 4) is 0 Å². The topological polar surface area (TPSA) is 105 Å². The number of carboxylic acids is 1. The minimum absolute atomic E-state index is 0.0245. The molecule has 0 unspecified atom stereocenters. The molecule has 0 fully saturated rings. The molecule has 0 aromatic carbocycles. The van der Waals surface area contributed by atoms with E-state index >= 15 is 0 Å². The molecule has 1 aromatic rings. The van der Waals surface area contributed by atoms with Crippen LogP contribution in [0.15, 0.2) is 12.3 Å². The van der Waals surface area contributed by atoms with Gasteiger partial charge in [-0.1, -0.05) is 0 Å². The predicted octanol–water partition coefficient (Wildman–Crippen LogP) is 0.165. The van der Waals surface area contributed by atoms with Crippen LogP contribution in [0.1, 0.15) is 19.3 Å². The van der Waals surface area contributed by atoms with Crippen molar-refractivity contribution in [2.75, 3.05) is 19.4 Å². The van der Waals surface area contributed by atoms with Gasteiger partial charge in [-0.2, -0.15) is 5.10 Å². The Labute approximate surface area is 116 Å². The molecule has 2 N–H and O–H groups in total. The molecule has 0 saturated carbocycles. The van der Waals surface area contributed by atoms with E-state index in [1.165, 1.54) is 21.8 Å². The molecule has 0 atom stereocenters. The Morgan fingerprint density at radius 2 is 2.05 bits per heavy atom. The van der Waals surface area contributed by atoms with Crippen LogP contribution in [-0.2, 0) is 20.9 Å². The van der Waals surface area contributed by atoms with Crippen LogP contribution in [0.5, 0.6) is 0 Å². The molecule has 1 heterocycles. The van der Waals surface area contributed by atoms with Gasteiger partial charge < -0.3 is 15.3 Å². The monoisotopic (exact) mass is 282 g/mol. The SMILES string of the molecule is CN(C)C(=O)CCCC(=O)Nc1ccn(CC(=O)O)n1. The first kappa shape index (κ1) is 15.7. The highest BCUT2D eigenvalue weighted by Crippen LogP contribution is 2.05. The largest absolute Gasteiger partial charge is 0.480 e. The Morgan fingerprint density at radius 1 is 1.35 bits per heavy atom. The van der Waals surface area contributed by atoms with E-state index in [1.807, 2.05) is 0 Å². The molecule has 20 heavy (non-hydrogen) atoms. The summed E-state index contributed by atoms with van der Waals surface area (Å²) in [5, 5.41) is 15.0. The summed E-state index contributed by atoms with van der Waals surface area (Å²) in [6.45, 7) is -0.257. The van der Waals surface area contributed by atoms with Crippen molar-refractivity contribution >= 4 is 23.6 Å². The zero-order valence-corrected chi connectivity index (χ0v) is 11.5. The van der Waals surface area contributed by atoms with Gasteiger partial charge in [-0.15, -0.1) is 0 Å². The van der Waals surface area contributed by atoms with Crippen molar-refractivity contribution in [3.63, 3.8) is 0 Å². The van der Waals surface area contributed by atoms with E-state index in [-0.39, 0.29) is 24.8 Å². The molecular formula is C12H18N4O4. The van der Waals surface area contributed by atoms with E-state index in [0.29, 0.717) is 18.7 Å². The molecule has 2 amide bonds. The Hall–Kier alpha value is -2.38. The minimum Gasteiger partial charge on any atom is -0.480 e. The average molecular weight is 282 g/mol. The lowest BCUT2D eigenvalue weighted by molar-refractivity contribution is -0.138. The number of hydrogen-bond donors (Lipinski definition) is 2. The number of aromatic nitrogens is 2. The summed E-state index contributed by atoms with van der Waals surface area (Å²) < 4.78 is 1.22. The first-order chi connectivity index (χ1) is 9.38. The molecule has 8 nitrogen and oxygen atoms in total. The Balaban J connectivity index is 2.33. The van der Waals surface area contributed by atoms with Gasteiger partial charge in [0.2, 0.25) is 11.8 Å². The Kier molecular flexibility index (Phi) is 5.70. The fourth-order valence-electron chi connectivity index (χ4n) is 1.48. The predicted molar refractivity (Wildman–Crippen MR) is 71.0 cm³/mol. The molecule has 8 heteroatoms. The fraction of sp³-hybridized carbons (Fsp3) is 0.500. The summed E-state index contributed by atoms with van der Waals surface area (Å²) in [5.74, 6) is -0.982. The summed E-state index contributed by atoms with van der Waals surface area (Å²) in [6, 6.07) is 1.52. The number of nitrogens with one attached hydrogen (secondary N) is 1. The molecule has 0 spiro atoms. The molecule has 1 aromatic heterocycles. The van der Waals surface area contributed by atoms with E-state index in [2.05, 4.69) is 10.4 Å². The van der Waals surface area contributed by atoms with E-state index in [9.17, 15) is 14.4 Å². The Morgan fingerprint density at radius 3 is 2.65 bits per heavy atom. The van der Waals surface area contributed by atoms with E-state index in [1.54, 1.807) is 14.1 Å². The summed E-state index contributed by atoms with van der Waals surface area (Å²) in [4.78, 5) is 34.9. The minimum atomic E-state index is -1.01. The first-order valence-corrected chi connectivity index (χ1v) is 6.13. The third-order valence-corrected chi connectivity index (χ3v) is 2.50. The van der Waals surface area contributed by atoms with Crippen molar-refractivity contribution in [2.45, 2.75) is 25.8 Å². The van der Waals surface area contributed by atoms with Crippen LogP contribution in [0.4, 0.5) is 5.82 Å². The maximum atomic E-state index is 11.6. The second-order valence-electron chi connectivity index (χ2n) is 4.48. The summed E-state index contributed by atoms with van der Waals surface area (Å²) >= 11 is 0. The second kappa shape index (κ2) is 7.27. The van der Waals surface area contributed by atoms with Gasteiger partial charge in [0.15, 0.2) is 5.82 Å². The molecule has 0 aliphatic rings. The number of carbonyl (C=O) groups is 3. The summed E-state index contributed by atoms with van der Waals surface area (Å²) in [7, 11) is 3.33. The number of carboxylic acid groups (broad SMARTS) is 1. The van der Waals surface area contributed by atoms with Gasteiger partial charge in [-0.05, 0) is 6.42 Å². The van der Waals surface area contributed by atoms with E-state index in [0.717, 1.165) is 0 Å². The van der Waals surface area contributed by atoms with Crippen LogP contribution in [-0.4, -0.2) is 51.7 Å². The van der Waals surface area contributed by atoms with Crippen LogP contribution < -0.4 is 5.32 Å². The molecule has 0 aliphatic carbocycles. The third-order valence-electron chi connectivity index (χ3n) is 2.50. The summed E-state index contributed by atoms with van der Waals surface area (Å²) in [5.41, 5.74) is 0. The summed E-state index contributed by atoms with van der Waals surface area (Å²) in [6.07, 6.45) is 2.46. The third kappa shape index (κ3) is 5.51. The quantitative estimate of drug-likeness (QED) is 0.741. The standard InChI is InChI=1S/C12H18N4O4/c1-15(2)11(18)5-3-4-10(17)13-9-6-7-16(14-9)8-12(19)20/h6-7H,3-5,8H2,1-2H3,(H,19,20)(H,13,14,17). The van der Waals surface area contributed by atoms with Crippen LogP contribution in [0.3, 0.4) is 0 Å². The van der Waals surface area contributed by atoms with Gasteiger partial charge in [0.25, 0.3) is 0 Å². The Bertz CT molecular complexity index is 495. The zero-order valence-electron chi connectivity index (χ0n) is 11.5. The van der Waals surface area contributed by atoms with Gasteiger partial charge in [-0.3, -0.25) is 19.1 Å².